The van der Waals surface area contributed by atoms with Gasteiger partial charge in [0, 0.05) is 6.07 Å². The van der Waals surface area contributed by atoms with E-state index in [1.54, 1.807) is 0 Å². The van der Waals surface area contributed by atoms with Crippen LogP contribution in [0.25, 0.3) is 0 Å². The van der Waals surface area contributed by atoms with Crippen molar-refractivity contribution in [1.82, 2.24) is 4.98 Å². The maximum Gasteiger partial charge on any atom is 0.267 e. The lowest BCUT2D eigenvalue weighted by atomic mass is 10.3. The number of hydrogen-bond acceptors (Lipinski definition) is 3. The second kappa shape index (κ2) is 3.25. The normalized spacial score (nSPS) is 15.2. The van der Waals surface area contributed by atoms with Gasteiger partial charge in [0.2, 0.25) is 0 Å². The molecule has 1 amide bonds. The molecule has 0 saturated heterocycles. The summed E-state index contributed by atoms with van der Waals surface area (Å²) in [6.07, 6.45) is 2.87. The molecular weight excluding hydrogens is 187 g/mol. The Morgan fingerprint density at radius 3 is 2.93 bits per heavy atom. The Balaban J connectivity index is 2.26. The molecule has 74 valence electrons. The van der Waals surface area contributed by atoms with Crippen LogP contribution in [-0.2, 0) is 0 Å². The molecule has 0 radical (unpaired) electrons. The lowest BCUT2D eigenvalue weighted by Crippen LogP contribution is -2.13. The Bertz CT molecular complexity index is 377. The monoisotopic (exact) mass is 196 g/mol. The molecule has 0 aromatic carbocycles. The molecule has 0 aliphatic heterocycles. The highest BCUT2D eigenvalue weighted by molar-refractivity contribution is 5.91. The molecule has 0 unspecified atom stereocenters. The van der Waals surface area contributed by atoms with Gasteiger partial charge < -0.3 is 10.5 Å². The van der Waals surface area contributed by atoms with E-state index in [0.29, 0.717) is 0 Å². The third kappa shape index (κ3) is 1.81. The van der Waals surface area contributed by atoms with E-state index in [-0.39, 0.29) is 17.5 Å². The highest BCUT2D eigenvalue weighted by Crippen LogP contribution is 2.28. The molecule has 4 nitrogen and oxygen atoms in total. The largest absolute Gasteiger partial charge is 0.487 e. The van der Waals surface area contributed by atoms with Crippen molar-refractivity contribution in [3.8, 4) is 5.75 Å². The van der Waals surface area contributed by atoms with Crippen molar-refractivity contribution in [2.24, 2.45) is 5.73 Å². The summed E-state index contributed by atoms with van der Waals surface area (Å²) in [5, 5.41) is 0. The van der Waals surface area contributed by atoms with E-state index >= 15 is 0 Å². The van der Waals surface area contributed by atoms with E-state index in [1.807, 2.05) is 0 Å². The number of rotatable bonds is 3. The van der Waals surface area contributed by atoms with Crippen molar-refractivity contribution in [2.75, 3.05) is 0 Å². The quantitative estimate of drug-likeness (QED) is 0.779. The first-order chi connectivity index (χ1) is 6.66. The fourth-order valence-corrected chi connectivity index (χ4v) is 1.01. The van der Waals surface area contributed by atoms with E-state index in [2.05, 4.69) is 4.98 Å². The second-order valence-corrected chi connectivity index (χ2v) is 3.18. The van der Waals surface area contributed by atoms with Crippen LogP contribution in [0.5, 0.6) is 5.75 Å². The number of aromatic nitrogens is 1. The Morgan fingerprint density at radius 1 is 1.64 bits per heavy atom. The van der Waals surface area contributed by atoms with Gasteiger partial charge in [-0.2, -0.15) is 0 Å². The van der Waals surface area contributed by atoms with Crippen molar-refractivity contribution in [3.63, 3.8) is 0 Å². The van der Waals surface area contributed by atoms with Gasteiger partial charge in [0.1, 0.15) is 5.69 Å². The lowest BCUT2D eigenvalue weighted by molar-refractivity contribution is 0.0994. The predicted molar refractivity (Wildman–Crippen MR) is 46.4 cm³/mol. The van der Waals surface area contributed by atoms with Crippen LogP contribution in [0.3, 0.4) is 0 Å². The van der Waals surface area contributed by atoms with Gasteiger partial charge >= 0.3 is 0 Å². The van der Waals surface area contributed by atoms with Crippen molar-refractivity contribution in [1.29, 1.82) is 0 Å². The number of ether oxygens (including phenoxy) is 1. The summed E-state index contributed by atoms with van der Waals surface area (Å²) in [6.45, 7) is 0. The average molecular weight is 196 g/mol. The molecule has 0 spiro atoms. The van der Waals surface area contributed by atoms with Crippen LogP contribution in [-0.4, -0.2) is 17.0 Å². The van der Waals surface area contributed by atoms with Gasteiger partial charge in [-0.05, 0) is 12.8 Å². The van der Waals surface area contributed by atoms with E-state index in [1.165, 1.54) is 6.07 Å². The number of halogens is 1. The Hall–Kier alpha value is -1.65. The van der Waals surface area contributed by atoms with Crippen LogP contribution < -0.4 is 10.5 Å². The minimum atomic E-state index is -0.689. The number of pyridine rings is 1. The number of primary amides is 1. The van der Waals surface area contributed by atoms with Gasteiger partial charge in [-0.25, -0.2) is 9.37 Å². The zero-order valence-corrected chi connectivity index (χ0v) is 7.37. The maximum atomic E-state index is 13.1. The SMILES string of the molecule is NC(=O)c1cc(OC2CC2)c(F)cn1. The fraction of sp³-hybridized carbons (Fsp3) is 0.333. The topological polar surface area (TPSA) is 65.2 Å². The van der Waals surface area contributed by atoms with Crippen LogP contribution in [0.15, 0.2) is 12.3 Å². The third-order valence-corrected chi connectivity index (χ3v) is 1.89. The zero-order valence-electron chi connectivity index (χ0n) is 7.37. The van der Waals surface area contributed by atoms with Crippen LogP contribution in [0.4, 0.5) is 4.39 Å². The van der Waals surface area contributed by atoms with Crippen LogP contribution in [0, 0.1) is 5.82 Å². The molecule has 1 fully saturated rings. The smallest absolute Gasteiger partial charge is 0.267 e. The summed E-state index contributed by atoms with van der Waals surface area (Å²) >= 11 is 0. The molecular formula is C9H9FN2O2. The highest BCUT2D eigenvalue weighted by Gasteiger charge is 2.25. The van der Waals surface area contributed by atoms with Crippen molar-refractivity contribution in [2.45, 2.75) is 18.9 Å². The fourth-order valence-electron chi connectivity index (χ4n) is 1.01. The molecule has 1 aliphatic rings. The minimum Gasteiger partial charge on any atom is -0.487 e. The lowest BCUT2D eigenvalue weighted by Gasteiger charge is -2.05. The summed E-state index contributed by atoms with van der Waals surface area (Å²) in [5.74, 6) is -1.20. The van der Waals surface area contributed by atoms with Gasteiger partial charge in [0.15, 0.2) is 11.6 Å². The molecule has 1 aromatic heterocycles. The Morgan fingerprint density at radius 2 is 2.36 bits per heavy atom. The summed E-state index contributed by atoms with van der Waals surface area (Å²) in [6, 6.07) is 1.23. The number of nitrogens with two attached hydrogens (primary N) is 1. The first kappa shape index (κ1) is 8.93. The van der Waals surface area contributed by atoms with E-state index < -0.39 is 11.7 Å². The molecule has 14 heavy (non-hydrogen) atoms. The molecule has 1 saturated carbocycles. The van der Waals surface area contributed by atoms with Gasteiger partial charge in [-0.1, -0.05) is 0 Å². The van der Waals surface area contributed by atoms with Gasteiger partial charge in [0.25, 0.3) is 5.91 Å². The van der Waals surface area contributed by atoms with Crippen molar-refractivity contribution in [3.05, 3.63) is 23.8 Å². The van der Waals surface area contributed by atoms with Crippen LogP contribution in [0.1, 0.15) is 23.3 Å². The summed E-state index contributed by atoms with van der Waals surface area (Å²) in [4.78, 5) is 14.3. The second-order valence-electron chi connectivity index (χ2n) is 3.18. The standard InChI is InChI=1S/C9H9FN2O2/c10-6-4-12-7(9(11)13)3-8(6)14-5-1-2-5/h3-5H,1-2H2,(H2,11,13). The number of amides is 1. The van der Waals surface area contributed by atoms with Gasteiger partial charge in [-0.3, -0.25) is 4.79 Å². The van der Waals surface area contributed by atoms with E-state index in [4.69, 9.17) is 10.5 Å². The number of carbonyl (C=O) groups is 1. The molecule has 1 heterocycles. The third-order valence-electron chi connectivity index (χ3n) is 1.89. The molecule has 2 rings (SSSR count). The van der Waals surface area contributed by atoms with E-state index in [0.717, 1.165) is 19.0 Å². The molecule has 2 N–H and O–H groups in total. The number of nitrogens with zero attached hydrogens (tertiary/aromatic N) is 1. The predicted octanol–water partition coefficient (Wildman–Crippen LogP) is 0.861. The first-order valence-electron chi connectivity index (χ1n) is 4.29. The maximum absolute atomic E-state index is 13.1. The molecule has 1 aliphatic carbocycles. The van der Waals surface area contributed by atoms with E-state index in [9.17, 15) is 9.18 Å². The number of carbonyl (C=O) groups excluding carboxylic acids is 1. The van der Waals surface area contributed by atoms with Crippen LogP contribution >= 0.6 is 0 Å². The van der Waals surface area contributed by atoms with Crippen molar-refractivity contribution < 1.29 is 13.9 Å². The minimum absolute atomic E-state index is 0.0158. The van der Waals surface area contributed by atoms with Gasteiger partial charge in [-0.15, -0.1) is 0 Å². The molecule has 0 atom stereocenters. The van der Waals surface area contributed by atoms with Crippen molar-refractivity contribution >= 4 is 5.91 Å². The Kier molecular flexibility index (Phi) is 2.07. The van der Waals surface area contributed by atoms with Crippen LogP contribution in [0.2, 0.25) is 0 Å². The Labute approximate surface area is 79.9 Å². The molecule has 5 heteroatoms. The summed E-state index contributed by atoms with van der Waals surface area (Å²) in [5.41, 5.74) is 5.02. The molecule has 0 bridgehead atoms. The molecule has 1 aromatic rings. The average Bonchev–Trinajstić information content (AvgIpc) is 2.92. The highest BCUT2D eigenvalue weighted by atomic mass is 19.1. The summed E-state index contributed by atoms with van der Waals surface area (Å²) in [7, 11) is 0. The first-order valence-corrected chi connectivity index (χ1v) is 4.29. The summed E-state index contributed by atoms with van der Waals surface area (Å²) < 4.78 is 18.3. The zero-order chi connectivity index (χ0) is 10.1. The number of hydrogen-bond donors (Lipinski definition) is 1. The van der Waals surface area contributed by atoms with Gasteiger partial charge in [0.05, 0.1) is 12.3 Å².